The number of rotatable bonds is 5. The highest BCUT2D eigenvalue weighted by atomic mass is 32.1. The Morgan fingerprint density at radius 2 is 1.72 bits per heavy atom. The summed E-state index contributed by atoms with van der Waals surface area (Å²) in [5.41, 5.74) is 1.99. The molecule has 1 amide bonds. The maximum atomic E-state index is 12.6. The number of hydrogen-bond donors (Lipinski definition) is 1. The number of anilines is 1. The van der Waals surface area contributed by atoms with E-state index in [1.165, 1.54) is 4.88 Å². The average Bonchev–Trinajstić information content (AvgIpc) is 3.10. The van der Waals surface area contributed by atoms with E-state index in [1.54, 1.807) is 17.4 Å². The molecule has 0 spiro atoms. The Bertz CT molecular complexity index is 882. The van der Waals surface area contributed by atoms with Crippen molar-refractivity contribution in [2.45, 2.75) is 19.8 Å². The first kappa shape index (κ1) is 17.1. The van der Waals surface area contributed by atoms with Crippen LogP contribution in [0, 0.1) is 0 Å². The molecule has 0 saturated heterocycles. The van der Waals surface area contributed by atoms with Gasteiger partial charge in [-0.3, -0.25) is 9.79 Å². The van der Waals surface area contributed by atoms with E-state index in [1.807, 2.05) is 54.7 Å². The molecule has 0 bridgehead atoms. The lowest BCUT2D eigenvalue weighted by Crippen LogP contribution is -2.11. The van der Waals surface area contributed by atoms with Gasteiger partial charge in [-0.25, -0.2) is 0 Å². The average molecular weight is 348 g/mol. The maximum Gasteiger partial charge on any atom is 0.257 e. The normalized spacial score (nSPS) is 11.2. The summed E-state index contributed by atoms with van der Waals surface area (Å²) in [7, 11) is 0. The molecule has 0 radical (unpaired) electrons. The molecule has 3 nitrogen and oxygen atoms in total. The minimum absolute atomic E-state index is 0.159. The fraction of sp³-hybridized carbons (Fsp3) is 0.143. The minimum Gasteiger partial charge on any atom is -0.322 e. The molecule has 0 aliphatic heterocycles. The SMILES string of the molecule is CC(C)c1ccc(C=Nc2ccccc2C(=O)Nc2ccccc2)s1. The third-order valence-electron chi connectivity index (χ3n) is 3.73. The predicted molar refractivity (Wildman–Crippen MR) is 106 cm³/mol. The Hall–Kier alpha value is -2.72. The van der Waals surface area contributed by atoms with Crippen LogP contribution in [0.4, 0.5) is 11.4 Å². The Morgan fingerprint density at radius 3 is 2.44 bits per heavy atom. The smallest absolute Gasteiger partial charge is 0.257 e. The molecule has 0 aliphatic rings. The van der Waals surface area contributed by atoms with Crippen LogP contribution in [-0.2, 0) is 0 Å². The van der Waals surface area contributed by atoms with Crippen molar-refractivity contribution in [1.29, 1.82) is 0 Å². The summed E-state index contributed by atoms with van der Waals surface area (Å²) in [5.74, 6) is 0.351. The minimum atomic E-state index is -0.159. The largest absolute Gasteiger partial charge is 0.322 e. The monoisotopic (exact) mass is 348 g/mol. The van der Waals surface area contributed by atoms with Gasteiger partial charge < -0.3 is 5.32 Å². The van der Waals surface area contributed by atoms with Gasteiger partial charge in [-0.05, 0) is 42.3 Å². The first-order chi connectivity index (χ1) is 12.1. The Morgan fingerprint density at radius 1 is 1.00 bits per heavy atom. The van der Waals surface area contributed by atoms with Crippen molar-refractivity contribution in [2.75, 3.05) is 5.32 Å². The van der Waals surface area contributed by atoms with Gasteiger partial charge in [0.1, 0.15) is 0 Å². The number of thiophene rings is 1. The quantitative estimate of drug-likeness (QED) is 0.575. The van der Waals surface area contributed by atoms with Crippen LogP contribution in [0.1, 0.15) is 39.9 Å². The van der Waals surface area contributed by atoms with E-state index in [9.17, 15) is 4.79 Å². The van der Waals surface area contributed by atoms with Crippen LogP contribution in [0.2, 0.25) is 0 Å². The number of benzene rings is 2. The third-order valence-corrected chi connectivity index (χ3v) is 5.05. The van der Waals surface area contributed by atoms with E-state index < -0.39 is 0 Å². The van der Waals surface area contributed by atoms with Gasteiger partial charge in [0.05, 0.1) is 11.3 Å². The number of amides is 1. The summed E-state index contributed by atoms with van der Waals surface area (Å²) in [4.78, 5) is 19.5. The molecular formula is C21H20N2OS. The lowest BCUT2D eigenvalue weighted by molar-refractivity contribution is 0.102. The lowest BCUT2D eigenvalue weighted by Gasteiger charge is -2.07. The highest BCUT2D eigenvalue weighted by Gasteiger charge is 2.10. The molecule has 126 valence electrons. The molecule has 0 fully saturated rings. The molecule has 2 aromatic carbocycles. The number of carbonyl (C=O) groups excluding carboxylic acids is 1. The number of nitrogens with one attached hydrogen (secondary N) is 1. The van der Waals surface area contributed by atoms with E-state index in [2.05, 4.69) is 36.3 Å². The zero-order valence-corrected chi connectivity index (χ0v) is 15.1. The fourth-order valence-corrected chi connectivity index (χ4v) is 3.26. The Balaban J connectivity index is 1.80. The van der Waals surface area contributed by atoms with Crippen LogP contribution in [-0.4, -0.2) is 12.1 Å². The maximum absolute atomic E-state index is 12.6. The molecule has 0 aliphatic carbocycles. The summed E-state index contributed by atoms with van der Waals surface area (Å²) in [6, 6.07) is 21.0. The molecule has 3 aromatic rings. The fourth-order valence-electron chi connectivity index (χ4n) is 2.38. The van der Waals surface area contributed by atoms with Crippen LogP contribution in [0.15, 0.2) is 71.7 Å². The summed E-state index contributed by atoms with van der Waals surface area (Å²) in [5, 5.41) is 2.91. The van der Waals surface area contributed by atoms with Crippen molar-refractivity contribution in [3.05, 3.63) is 82.0 Å². The molecule has 0 saturated carbocycles. The van der Waals surface area contributed by atoms with E-state index in [0.717, 1.165) is 10.6 Å². The second-order valence-corrected chi connectivity index (χ2v) is 7.14. The predicted octanol–water partition coefficient (Wildman–Crippen LogP) is 5.87. The molecule has 0 unspecified atom stereocenters. The number of aliphatic imine (C=N–C) groups is 1. The van der Waals surface area contributed by atoms with Gasteiger partial charge in [-0.1, -0.05) is 44.2 Å². The van der Waals surface area contributed by atoms with E-state index in [4.69, 9.17) is 0 Å². The first-order valence-corrected chi connectivity index (χ1v) is 9.04. The summed E-state index contributed by atoms with van der Waals surface area (Å²) in [6.07, 6.45) is 1.82. The van der Waals surface area contributed by atoms with Gasteiger partial charge in [-0.2, -0.15) is 0 Å². The number of para-hydroxylation sites is 2. The molecule has 1 N–H and O–H groups in total. The van der Waals surface area contributed by atoms with Crippen molar-refractivity contribution in [1.82, 2.24) is 0 Å². The van der Waals surface area contributed by atoms with Crippen molar-refractivity contribution in [3.8, 4) is 0 Å². The third kappa shape index (κ3) is 4.43. The molecule has 4 heteroatoms. The van der Waals surface area contributed by atoms with Gasteiger partial charge >= 0.3 is 0 Å². The molecule has 0 atom stereocenters. The number of nitrogens with zero attached hydrogens (tertiary/aromatic N) is 1. The summed E-state index contributed by atoms with van der Waals surface area (Å²) in [6.45, 7) is 4.35. The van der Waals surface area contributed by atoms with Crippen LogP contribution in [0.25, 0.3) is 0 Å². The zero-order valence-electron chi connectivity index (χ0n) is 14.3. The van der Waals surface area contributed by atoms with E-state index in [0.29, 0.717) is 17.2 Å². The Labute approximate surface area is 152 Å². The lowest BCUT2D eigenvalue weighted by atomic mass is 10.1. The van der Waals surface area contributed by atoms with E-state index in [-0.39, 0.29) is 5.91 Å². The number of hydrogen-bond acceptors (Lipinski definition) is 3. The van der Waals surface area contributed by atoms with Gasteiger partial charge in [0.25, 0.3) is 5.91 Å². The van der Waals surface area contributed by atoms with Gasteiger partial charge in [0.15, 0.2) is 0 Å². The van der Waals surface area contributed by atoms with E-state index >= 15 is 0 Å². The van der Waals surface area contributed by atoms with Crippen molar-refractivity contribution < 1.29 is 4.79 Å². The van der Waals surface area contributed by atoms with Gasteiger partial charge in [0, 0.05) is 21.7 Å². The van der Waals surface area contributed by atoms with Gasteiger partial charge in [0.2, 0.25) is 0 Å². The van der Waals surface area contributed by atoms with Gasteiger partial charge in [-0.15, -0.1) is 11.3 Å². The van der Waals surface area contributed by atoms with Crippen molar-refractivity contribution in [3.63, 3.8) is 0 Å². The highest BCUT2D eigenvalue weighted by molar-refractivity contribution is 7.13. The molecule has 1 aromatic heterocycles. The zero-order chi connectivity index (χ0) is 17.6. The van der Waals surface area contributed by atoms with Crippen LogP contribution in [0.3, 0.4) is 0 Å². The standard InChI is InChI=1S/C21H20N2OS/c1-15(2)20-13-12-17(25-20)14-22-19-11-7-6-10-18(19)21(24)23-16-8-4-3-5-9-16/h3-15H,1-2H3,(H,23,24). The first-order valence-electron chi connectivity index (χ1n) is 8.22. The molecule has 3 rings (SSSR count). The summed E-state index contributed by atoms with van der Waals surface area (Å²) >= 11 is 1.73. The highest BCUT2D eigenvalue weighted by Crippen LogP contribution is 2.25. The second-order valence-electron chi connectivity index (χ2n) is 5.99. The van der Waals surface area contributed by atoms with Crippen molar-refractivity contribution in [2.24, 2.45) is 4.99 Å². The summed E-state index contributed by atoms with van der Waals surface area (Å²) < 4.78 is 0. The van der Waals surface area contributed by atoms with Crippen LogP contribution < -0.4 is 5.32 Å². The molecule has 25 heavy (non-hydrogen) atoms. The number of carbonyl (C=O) groups is 1. The molecule has 1 heterocycles. The van der Waals surface area contributed by atoms with Crippen LogP contribution in [0.5, 0.6) is 0 Å². The molecular weight excluding hydrogens is 328 g/mol. The topological polar surface area (TPSA) is 41.5 Å². The second kappa shape index (κ2) is 7.90. The Kier molecular flexibility index (Phi) is 5.41. The van der Waals surface area contributed by atoms with Crippen molar-refractivity contribution >= 4 is 34.8 Å². The van der Waals surface area contributed by atoms with Crippen LogP contribution >= 0.6 is 11.3 Å².